The van der Waals surface area contributed by atoms with Gasteiger partial charge in [0.05, 0.1) is 6.04 Å². The standard InChI is InChI=1S/C26H32N6O2.C2H6/c1-5-23(33)31-14-12-30(13-15-31)17-20-6-8-21(9-7-20)19(4)28-26-27-16-22-10-11-24(34)32(18(2)3)25(22)29-26;1-2/h5-11,16,18-19H,1,12-15,17H2,2-4H3,(H,27,28,29);1-2H3. The summed E-state index contributed by atoms with van der Waals surface area (Å²) >= 11 is 0. The smallest absolute Gasteiger partial charge is 0.252 e. The van der Waals surface area contributed by atoms with Crippen molar-refractivity contribution in [1.82, 2.24) is 24.3 Å². The number of nitrogens with zero attached hydrogens (tertiary/aromatic N) is 5. The molecule has 192 valence electrons. The first-order valence-electron chi connectivity index (χ1n) is 12.7. The van der Waals surface area contributed by atoms with Crippen molar-refractivity contribution in [3.05, 3.63) is 76.7 Å². The van der Waals surface area contributed by atoms with E-state index in [1.807, 2.05) is 32.6 Å². The molecule has 0 saturated carbocycles. The highest BCUT2D eigenvalue weighted by atomic mass is 16.2. The van der Waals surface area contributed by atoms with Crippen molar-refractivity contribution in [2.24, 2.45) is 0 Å². The molecule has 1 aromatic carbocycles. The van der Waals surface area contributed by atoms with Gasteiger partial charge in [-0.15, -0.1) is 0 Å². The molecule has 2 aromatic heterocycles. The van der Waals surface area contributed by atoms with Crippen molar-refractivity contribution in [3.63, 3.8) is 0 Å². The molecule has 1 aliphatic rings. The van der Waals surface area contributed by atoms with Gasteiger partial charge in [0, 0.05) is 56.4 Å². The van der Waals surface area contributed by atoms with Gasteiger partial charge in [-0.1, -0.05) is 44.7 Å². The van der Waals surface area contributed by atoms with Crippen LogP contribution >= 0.6 is 0 Å². The van der Waals surface area contributed by atoms with E-state index in [1.54, 1.807) is 22.9 Å². The SMILES string of the molecule is C=CC(=O)N1CCN(Cc2ccc(C(C)Nc3ncc4ccc(=O)n(C(C)C)c4n3)cc2)CC1.CC. The van der Waals surface area contributed by atoms with E-state index in [1.165, 1.54) is 11.6 Å². The van der Waals surface area contributed by atoms with Gasteiger partial charge in [-0.3, -0.25) is 19.1 Å². The summed E-state index contributed by atoms with van der Waals surface area (Å²) in [6.07, 6.45) is 3.14. The predicted molar refractivity (Wildman–Crippen MR) is 146 cm³/mol. The second-order valence-corrected chi connectivity index (χ2v) is 9.02. The lowest BCUT2D eigenvalue weighted by Gasteiger charge is -2.34. The summed E-state index contributed by atoms with van der Waals surface area (Å²) in [6, 6.07) is 11.9. The highest BCUT2D eigenvalue weighted by Gasteiger charge is 2.19. The van der Waals surface area contributed by atoms with Crippen LogP contribution in [0.25, 0.3) is 11.0 Å². The Labute approximate surface area is 213 Å². The average Bonchev–Trinajstić information content (AvgIpc) is 2.89. The zero-order valence-corrected chi connectivity index (χ0v) is 22.1. The van der Waals surface area contributed by atoms with Gasteiger partial charge in [0.15, 0.2) is 0 Å². The second-order valence-electron chi connectivity index (χ2n) is 9.02. The van der Waals surface area contributed by atoms with Crippen LogP contribution in [0.3, 0.4) is 0 Å². The lowest BCUT2D eigenvalue weighted by atomic mass is 10.1. The Morgan fingerprint density at radius 1 is 1.06 bits per heavy atom. The number of nitrogens with one attached hydrogen (secondary N) is 1. The number of fused-ring (bicyclic) bond motifs is 1. The second kappa shape index (κ2) is 12.4. The van der Waals surface area contributed by atoms with Crippen LogP contribution in [0.15, 0.2) is 60.0 Å². The molecule has 1 aliphatic heterocycles. The summed E-state index contributed by atoms with van der Waals surface area (Å²) in [6.45, 7) is 17.6. The summed E-state index contributed by atoms with van der Waals surface area (Å²) in [5.74, 6) is 0.504. The maximum absolute atomic E-state index is 12.3. The van der Waals surface area contributed by atoms with Crippen LogP contribution in [0.2, 0.25) is 0 Å². The van der Waals surface area contributed by atoms with E-state index in [-0.39, 0.29) is 23.6 Å². The number of pyridine rings is 1. The Morgan fingerprint density at radius 2 is 1.72 bits per heavy atom. The van der Waals surface area contributed by atoms with E-state index >= 15 is 0 Å². The van der Waals surface area contributed by atoms with E-state index in [4.69, 9.17) is 0 Å². The fourth-order valence-electron chi connectivity index (χ4n) is 4.31. The number of hydrogen-bond donors (Lipinski definition) is 1. The number of piperazine rings is 1. The van der Waals surface area contributed by atoms with Gasteiger partial charge in [0.1, 0.15) is 5.65 Å². The topological polar surface area (TPSA) is 83.4 Å². The first-order valence-corrected chi connectivity index (χ1v) is 12.7. The average molecular weight is 491 g/mol. The molecule has 1 N–H and O–H groups in total. The maximum Gasteiger partial charge on any atom is 0.252 e. The normalized spacial score (nSPS) is 14.8. The van der Waals surface area contributed by atoms with Gasteiger partial charge in [-0.05, 0) is 44.0 Å². The molecular formula is C28H38N6O2. The Bertz CT molecular complexity index is 1230. The van der Waals surface area contributed by atoms with Gasteiger partial charge in [0.2, 0.25) is 11.9 Å². The molecule has 1 atom stereocenters. The van der Waals surface area contributed by atoms with Gasteiger partial charge >= 0.3 is 0 Å². The number of amides is 1. The Kier molecular flexibility index (Phi) is 9.36. The molecule has 1 fully saturated rings. The summed E-state index contributed by atoms with van der Waals surface area (Å²) in [5, 5.41) is 4.20. The molecule has 8 nitrogen and oxygen atoms in total. The number of carbonyl (C=O) groups is 1. The molecule has 36 heavy (non-hydrogen) atoms. The molecular weight excluding hydrogens is 452 g/mol. The highest BCUT2D eigenvalue weighted by molar-refractivity contribution is 5.87. The van der Waals surface area contributed by atoms with E-state index in [0.717, 1.165) is 43.7 Å². The van der Waals surface area contributed by atoms with Gasteiger partial charge < -0.3 is 10.2 Å². The predicted octanol–water partition coefficient (Wildman–Crippen LogP) is 4.40. The number of benzene rings is 1. The first-order chi connectivity index (χ1) is 17.4. The molecule has 1 amide bonds. The molecule has 8 heteroatoms. The molecule has 4 rings (SSSR count). The monoisotopic (exact) mass is 490 g/mol. The van der Waals surface area contributed by atoms with Crippen LogP contribution in [0, 0.1) is 0 Å². The zero-order chi connectivity index (χ0) is 26.2. The van der Waals surface area contributed by atoms with Gasteiger partial charge in [-0.2, -0.15) is 4.98 Å². The molecule has 3 aromatic rings. The zero-order valence-electron chi connectivity index (χ0n) is 22.1. The molecule has 1 unspecified atom stereocenters. The minimum Gasteiger partial charge on any atom is -0.348 e. The summed E-state index contributed by atoms with van der Waals surface area (Å²) < 4.78 is 1.69. The minimum atomic E-state index is -0.0653. The molecule has 3 heterocycles. The highest BCUT2D eigenvalue weighted by Crippen LogP contribution is 2.20. The third kappa shape index (κ3) is 6.37. The summed E-state index contributed by atoms with van der Waals surface area (Å²) in [7, 11) is 0. The first kappa shape index (κ1) is 27.1. The van der Waals surface area contributed by atoms with Crippen molar-refractivity contribution >= 4 is 22.9 Å². The number of anilines is 1. The Hall–Kier alpha value is -3.52. The number of aromatic nitrogens is 3. The third-order valence-electron chi connectivity index (χ3n) is 6.27. The van der Waals surface area contributed by atoms with Crippen molar-refractivity contribution in [2.45, 2.75) is 53.2 Å². The van der Waals surface area contributed by atoms with Crippen molar-refractivity contribution in [1.29, 1.82) is 0 Å². The Morgan fingerprint density at radius 3 is 2.33 bits per heavy atom. The van der Waals surface area contributed by atoms with Crippen LogP contribution < -0.4 is 10.9 Å². The van der Waals surface area contributed by atoms with E-state index in [2.05, 4.69) is 58.0 Å². The Balaban J connectivity index is 0.00000176. The lowest BCUT2D eigenvalue weighted by Crippen LogP contribution is -2.47. The lowest BCUT2D eigenvalue weighted by molar-refractivity contribution is -0.127. The van der Waals surface area contributed by atoms with E-state index < -0.39 is 0 Å². The quantitative estimate of drug-likeness (QED) is 0.494. The summed E-state index contributed by atoms with van der Waals surface area (Å²) in [5.41, 5.74) is 2.94. The van der Waals surface area contributed by atoms with Crippen LogP contribution in [-0.4, -0.2) is 56.4 Å². The van der Waals surface area contributed by atoms with Crippen molar-refractivity contribution in [2.75, 3.05) is 31.5 Å². The largest absolute Gasteiger partial charge is 0.348 e. The van der Waals surface area contributed by atoms with Crippen LogP contribution in [-0.2, 0) is 11.3 Å². The fraction of sp³-hybridized carbons (Fsp3) is 0.429. The fourth-order valence-corrected chi connectivity index (χ4v) is 4.31. The van der Waals surface area contributed by atoms with Gasteiger partial charge in [-0.25, -0.2) is 4.98 Å². The molecule has 0 aliphatic carbocycles. The number of rotatable bonds is 7. The maximum atomic E-state index is 12.3. The molecule has 0 bridgehead atoms. The van der Waals surface area contributed by atoms with Gasteiger partial charge in [0.25, 0.3) is 5.56 Å². The number of hydrogen-bond acceptors (Lipinski definition) is 6. The van der Waals surface area contributed by atoms with E-state index in [0.29, 0.717) is 11.6 Å². The van der Waals surface area contributed by atoms with Crippen molar-refractivity contribution in [3.8, 4) is 0 Å². The molecule has 0 radical (unpaired) electrons. The summed E-state index contributed by atoms with van der Waals surface area (Å²) in [4.78, 5) is 37.4. The number of carbonyl (C=O) groups excluding carboxylic acids is 1. The molecule has 1 saturated heterocycles. The van der Waals surface area contributed by atoms with Crippen LogP contribution in [0.5, 0.6) is 0 Å². The minimum absolute atomic E-state index is 0.00268. The van der Waals surface area contributed by atoms with Crippen LogP contribution in [0.1, 0.15) is 57.8 Å². The third-order valence-corrected chi connectivity index (χ3v) is 6.27. The van der Waals surface area contributed by atoms with Crippen molar-refractivity contribution < 1.29 is 4.79 Å². The molecule has 0 spiro atoms. The van der Waals surface area contributed by atoms with Crippen LogP contribution in [0.4, 0.5) is 5.95 Å². The van der Waals surface area contributed by atoms with E-state index in [9.17, 15) is 9.59 Å².